The van der Waals surface area contributed by atoms with Crippen LogP contribution in [0.25, 0.3) is 0 Å². The third-order valence-corrected chi connectivity index (χ3v) is 3.42. The maximum Gasteiger partial charge on any atom is 0.259 e. The average Bonchev–Trinajstić information content (AvgIpc) is 2.51. The first-order valence-electron chi connectivity index (χ1n) is 3.55. The summed E-state index contributed by atoms with van der Waals surface area (Å²) >= 11 is 0. The third kappa shape index (κ3) is 1.71. The summed E-state index contributed by atoms with van der Waals surface area (Å²) in [6.45, 7) is -0.348. The molecule has 7 heteroatoms. The Morgan fingerprint density at radius 1 is 1.62 bits per heavy atom. The first kappa shape index (κ1) is 10.2. The maximum absolute atomic E-state index is 11.5. The molecule has 0 bridgehead atoms. The molecule has 0 unspecified atom stereocenters. The molecular formula is C6H11N3O3S. The van der Waals surface area contributed by atoms with Crippen LogP contribution in [0.5, 0.6) is 0 Å². The Balaban J connectivity index is 3.22. The van der Waals surface area contributed by atoms with Crippen molar-refractivity contribution in [2.24, 2.45) is 0 Å². The molecule has 0 saturated carbocycles. The van der Waals surface area contributed by atoms with Crippen LogP contribution < -0.4 is 0 Å². The number of H-pyrrole nitrogens is 1. The second-order valence-corrected chi connectivity index (χ2v) is 4.76. The van der Waals surface area contributed by atoms with Gasteiger partial charge >= 0.3 is 0 Å². The zero-order valence-corrected chi connectivity index (χ0v) is 8.17. The zero-order chi connectivity index (χ0) is 10.1. The Morgan fingerprint density at radius 2 is 2.23 bits per heavy atom. The number of rotatable bonds is 3. The molecule has 1 rings (SSSR count). The molecular weight excluding hydrogens is 194 g/mol. The minimum atomic E-state index is -3.52. The molecule has 0 saturated heterocycles. The number of nitrogens with one attached hydrogen (secondary N) is 1. The Morgan fingerprint density at radius 3 is 2.69 bits per heavy atom. The number of aliphatic hydroxyl groups excluding tert-OH is 1. The van der Waals surface area contributed by atoms with Gasteiger partial charge in [0.05, 0.1) is 12.8 Å². The van der Waals surface area contributed by atoms with Crippen molar-refractivity contribution < 1.29 is 13.5 Å². The molecule has 6 nitrogen and oxygen atoms in total. The quantitative estimate of drug-likeness (QED) is 0.673. The predicted molar refractivity (Wildman–Crippen MR) is 45.4 cm³/mol. The van der Waals surface area contributed by atoms with Crippen LogP contribution in [0.4, 0.5) is 0 Å². The zero-order valence-electron chi connectivity index (χ0n) is 7.35. The smallest absolute Gasteiger partial charge is 0.259 e. The van der Waals surface area contributed by atoms with Gasteiger partial charge in [-0.1, -0.05) is 0 Å². The van der Waals surface area contributed by atoms with E-state index in [0.29, 0.717) is 0 Å². The van der Waals surface area contributed by atoms with E-state index >= 15 is 0 Å². The van der Waals surface area contributed by atoms with Crippen LogP contribution in [0.2, 0.25) is 0 Å². The van der Waals surface area contributed by atoms with E-state index in [2.05, 4.69) is 10.2 Å². The molecule has 0 fully saturated rings. The molecule has 0 aromatic carbocycles. The number of hydrogen-bond donors (Lipinski definition) is 2. The number of nitrogens with zero attached hydrogens (tertiary/aromatic N) is 2. The molecule has 0 amide bonds. The number of aliphatic hydroxyl groups is 1. The third-order valence-electron chi connectivity index (χ3n) is 1.59. The standard InChI is InChI=1S/C6H11N3O3S/c1-9(2)13(11,12)6-5(4-10)3-7-8-6/h3,10H,4H2,1-2H3,(H,7,8). The summed E-state index contributed by atoms with van der Waals surface area (Å²) in [6, 6.07) is 0. The van der Waals surface area contributed by atoms with Gasteiger partial charge in [0, 0.05) is 19.7 Å². The van der Waals surface area contributed by atoms with Crippen molar-refractivity contribution in [1.29, 1.82) is 0 Å². The molecule has 1 heterocycles. The molecule has 0 aliphatic rings. The van der Waals surface area contributed by atoms with Crippen molar-refractivity contribution in [2.75, 3.05) is 14.1 Å². The monoisotopic (exact) mass is 205 g/mol. The van der Waals surface area contributed by atoms with Crippen molar-refractivity contribution in [3.8, 4) is 0 Å². The molecule has 0 aliphatic carbocycles. The summed E-state index contributed by atoms with van der Waals surface area (Å²) in [6.07, 6.45) is 1.29. The molecule has 0 atom stereocenters. The minimum Gasteiger partial charge on any atom is -0.392 e. The second-order valence-electron chi connectivity index (χ2n) is 2.67. The fourth-order valence-corrected chi connectivity index (χ4v) is 1.80. The first-order valence-corrected chi connectivity index (χ1v) is 4.99. The SMILES string of the molecule is CN(C)S(=O)(=O)c1[nH]ncc1CO. The van der Waals surface area contributed by atoms with E-state index in [0.717, 1.165) is 4.31 Å². The lowest BCUT2D eigenvalue weighted by Gasteiger charge is -2.09. The number of sulfonamides is 1. The van der Waals surface area contributed by atoms with Crippen LogP contribution in [0, 0.1) is 0 Å². The van der Waals surface area contributed by atoms with E-state index < -0.39 is 10.0 Å². The molecule has 0 spiro atoms. The van der Waals surface area contributed by atoms with Gasteiger partial charge in [0.2, 0.25) is 0 Å². The highest BCUT2D eigenvalue weighted by Gasteiger charge is 2.22. The highest BCUT2D eigenvalue weighted by molar-refractivity contribution is 7.89. The van der Waals surface area contributed by atoms with Gasteiger partial charge in [0.1, 0.15) is 0 Å². The van der Waals surface area contributed by atoms with Crippen molar-refractivity contribution >= 4 is 10.0 Å². The summed E-state index contributed by atoms with van der Waals surface area (Å²) in [5, 5.41) is 14.6. The van der Waals surface area contributed by atoms with Gasteiger partial charge in [-0.3, -0.25) is 5.10 Å². The fraction of sp³-hybridized carbons (Fsp3) is 0.500. The van der Waals surface area contributed by atoms with Gasteiger partial charge < -0.3 is 5.11 Å². The van der Waals surface area contributed by atoms with Crippen LogP contribution in [0.3, 0.4) is 0 Å². The highest BCUT2D eigenvalue weighted by Crippen LogP contribution is 2.14. The lowest BCUT2D eigenvalue weighted by atomic mass is 10.4. The van der Waals surface area contributed by atoms with Gasteiger partial charge in [-0.25, -0.2) is 12.7 Å². The maximum atomic E-state index is 11.5. The van der Waals surface area contributed by atoms with Gasteiger partial charge in [-0.05, 0) is 0 Å². The summed E-state index contributed by atoms with van der Waals surface area (Å²) < 4.78 is 24.1. The predicted octanol–water partition coefficient (Wildman–Crippen LogP) is -0.848. The van der Waals surface area contributed by atoms with Crippen LogP contribution in [-0.4, -0.2) is 42.1 Å². The first-order chi connectivity index (χ1) is 6.00. The van der Waals surface area contributed by atoms with Gasteiger partial charge in [0.25, 0.3) is 10.0 Å². The normalized spacial score (nSPS) is 12.3. The van der Waals surface area contributed by atoms with Crippen LogP contribution in [-0.2, 0) is 16.6 Å². The molecule has 13 heavy (non-hydrogen) atoms. The van der Waals surface area contributed by atoms with E-state index in [9.17, 15) is 8.42 Å². The lowest BCUT2D eigenvalue weighted by Crippen LogP contribution is -2.23. The number of aromatic nitrogens is 2. The summed E-state index contributed by atoms with van der Waals surface area (Å²) in [5.41, 5.74) is 0.272. The van der Waals surface area contributed by atoms with Crippen LogP contribution in [0.15, 0.2) is 11.2 Å². The largest absolute Gasteiger partial charge is 0.392 e. The Kier molecular flexibility index (Phi) is 2.69. The molecule has 2 N–H and O–H groups in total. The number of hydrogen-bond acceptors (Lipinski definition) is 4. The van der Waals surface area contributed by atoms with Crippen molar-refractivity contribution in [2.45, 2.75) is 11.6 Å². The van der Waals surface area contributed by atoms with E-state index in [-0.39, 0.29) is 17.2 Å². The van der Waals surface area contributed by atoms with E-state index in [1.165, 1.54) is 20.3 Å². The Bertz CT molecular complexity index is 382. The van der Waals surface area contributed by atoms with E-state index in [1.54, 1.807) is 0 Å². The Labute approximate surface area is 76.2 Å². The Hall–Kier alpha value is -0.920. The lowest BCUT2D eigenvalue weighted by molar-refractivity contribution is 0.278. The topological polar surface area (TPSA) is 86.3 Å². The number of aromatic amines is 1. The van der Waals surface area contributed by atoms with E-state index in [1.807, 2.05) is 0 Å². The molecule has 0 radical (unpaired) electrons. The molecule has 1 aromatic rings. The van der Waals surface area contributed by atoms with Gasteiger partial charge in [0.15, 0.2) is 5.03 Å². The van der Waals surface area contributed by atoms with E-state index in [4.69, 9.17) is 5.11 Å². The second kappa shape index (κ2) is 3.44. The van der Waals surface area contributed by atoms with Crippen LogP contribution >= 0.6 is 0 Å². The fourth-order valence-electron chi connectivity index (χ4n) is 0.818. The van der Waals surface area contributed by atoms with Crippen molar-refractivity contribution in [1.82, 2.24) is 14.5 Å². The molecule has 0 aliphatic heterocycles. The average molecular weight is 205 g/mol. The molecule has 1 aromatic heterocycles. The molecule has 74 valence electrons. The van der Waals surface area contributed by atoms with Gasteiger partial charge in [-0.2, -0.15) is 5.10 Å². The van der Waals surface area contributed by atoms with Crippen LogP contribution in [0.1, 0.15) is 5.56 Å². The summed E-state index contributed by atoms with van der Waals surface area (Å²) in [5.74, 6) is 0. The van der Waals surface area contributed by atoms with Crippen molar-refractivity contribution in [3.63, 3.8) is 0 Å². The van der Waals surface area contributed by atoms with Crippen molar-refractivity contribution in [3.05, 3.63) is 11.8 Å². The summed E-state index contributed by atoms with van der Waals surface area (Å²) in [7, 11) is -0.693. The highest BCUT2D eigenvalue weighted by atomic mass is 32.2. The summed E-state index contributed by atoms with van der Waals surface area (Å²) in [4.78, 5) is 0. The van der Waals surface area contributed by atoms with Gasteiger partial charge in [-0.15, -0.1) is 0 Å². The minimum absolute atomic E-state index is 0.0556.